The molecule has 2 aliphatic rings. The second-order valence-corrected chi connectivity index (χ2v) is 7.76. The first-order valence-corrected chi connectivity index (χ1v) is 10.4. The van der Waals surface area contributed by atoms with Gasteiger partial charge < -0.3 is 32.0 Å². The second-order valence-electron chi connectivity index (χ2n) is 7.76. The largest absolute Gasteiger partial charge is 0.673 e. The van der Waals surface area contributed by atoms with Crippen molar-refractivity contribution >= 4 is 24.7 Å². The van der Waals surface area contributed by atoms with Gasteiger partial charge in [-0.2, -0.15) is 0 Å². The molecule has 0 saturated carbocycles. The molecule has 4 nitrogen and oxygen atoms in total. The van der Waals surface area contributed by atoms with Crippen molar-refractivity contribution in [2.45, 2.75) is 0 Å². The SMILES string of the molecule is CN(C)c1ccc(C=CC2=C/C(=C\C=C3C=CC(=[N+](C)C)C=C3)OC(O)=C2)cc1.F[B-](F)(F)F. The molecule has 1 N–H and O–H groups in total. The predicted molar refractivity (Wildman–Crippen MR) is 131 cm³/mol. The van der Waals surface area contributed by atoms with Crippen molar-refractivity contribution in [3.05, 3.63) is 107 Å². The van der Waals surface area contributed by atoms with Gasteiger partial charge in [-0.15, -0.1) is 0 Å². The summed E-state index contributed by atoms with van der Waals surface area (Å²) in [6, 6.07) is 8.29. The van der Waals surface area contributed by atoms with Crippen molar-refractivity contribution in [1.29, 1.82) is 0 Å². The molecule has 0 aromatic heterocycles. The van der Waals surface area contributed by atoms with Crippen LogP contribution in [-0.2, 0) is 4.74 Å². The fourth-order valence-electron chi connectivity index (χ4n) is 2.84. The van der Waals surface area contributed by atoms with E-state index in [1.165, 1.54) is 0 Å². The molecule has 0 unspecified atom stereocenters. The van der Waals surface area contributed by atoms with Gasteiger partial charge in [-0.1, -0.05) is 30.4 Å². The number of anilines is 1. The quantitative estimate of drug-likeness (QED) is 0.327. The number of aliphatic hydroxyl groups is 1. The zero-order valence-corrected chi connectivity index (χ0v) is 19.4. The number of nitrogens with zero attached hydrogens (tertiary/aromatic N) is 2. The number of aliphatic hydroxyl groups excluding tert-OH is 1. The van der Waals surface area contributed by atoms with Crippen LogP contribution >= 0.6 is 0 Å². The molecule has 0 amide bonds. The van der Waals surface area contributed by atoms with Crippen LogP contribution in [-0.4, -0.2) is 50.8 Å². The van der Waals surface area contributed by atoms with Crippen LogP contribution in [0.25, 0.3) is 6.08 Å². The Morgan fingerprint density at radius 1 is 0.882 bits per heavy atom. The van der Waals surface area contributed by atoms with Gasteiger partial charge in [-0.05, 0) is 53.1 Å². The summed E-state index contributed by atoms with van der Waals surface area (Å²) in [6.07, 6.45) is 19.5. The summed E-state index contributed by atoms with van der Waals surface area (Å²) >= 11 is 0. The number of ether oxygens (including phenoxy) is 1. The van der Waals surface area contributed by atoms with Crippen LogP contribution < -0.4 is 4.90 Å². The third kappa shape index (κ3) is 9.81. The Kier molecular flexibility index (Phi) is 9.30. The number of halogens is 4. The van der Waals surface area contributed by atoms with Crippen LogP contribution in [0.15, 0.2) is 102 Å². The Bertz CT molecular complexity index is 1090. The molecule has 1 aromatic rings. The second kappa shape index (κ2) is 11.9. The normalized spacial score (nSPS) is 16.5. The molecule has 1 aliphatic heterocycles. The molecule has 180 valence electrons. The van der Waals surface area contributed by atoms with Crippen LogP contribution in [0.3, 0.4) is 0 Å². The van der Waals surface area contributed by atoms with Gasteiger partial charge in [-0.3, -0.25) is 0 Å². The van der Waals surface area contributed by atoms with Crippen molar-refractivity contribution in [2.75, 3.05) is 33.1 Å². The van der Waals surface area contributed by atoms with Crippen molar-refractivity contribution in [1.82, 2.24) is 0 Å². The predicted octanol–water partition coefficient (Wildman–Crippen LogP) is 6.07. The summed E-state index contributed by atoms with van der Waals surface area (Å²) in [6.45, 7) is 0. The van der Waals surface area contributed by atoms with Gasteiger partial charge in [0.15, 0.2) is 5.71 Å². The maximum Gasteiger partial charge on any atom is 0.673 e. The van der Waals surface area contributed by atoms with E-state index >= 15 is 0 Å². The molecule has 0 fully saturated rings. The molecule has 3 rings (SSSR count). The maximum atomic E-state index is 9.94. The first-order valence-electron chi connectivity index (χ1n) is 10.4. The van der Waals surface area contributed by atoms with E-state index in [0.717, 1.165) is 28.1 Å². The zero-order chi connectivity index (χ0) is 25.3. The molecule has 1 aromatic carbocycles. The summed E-state index contributed by atoms with van der Waals surface area (Å²) in [7, 11) is 2.07. The minimum absolute atomic E-state index is 0.113. The standard InChI is InChI=1S/C25H26N2O2.BF4/c1-26(2)22-12-7-19(8-13-22)5-6-21-17-24(29-25(28)18-21)16-11-20-9-14-23(15-10-20)27(3)4;2-1(3,4)5/h5-18H,1-4H3;/q;-1/p+1. The number of benzene rings is 1. The molecule has 0 radical (unpaired) electrons. The molecule has 34 heavy (non-hydrogen) atoms. The monoisotopic (exact) mass is 474 g/mol. The topological polar surface area (TPSA) is 35.7 Å². The Labute approximate surface area is 197 Å². The first-order chi connectivity index (χ1) is 15.9. The van der Waals surface area contributed by atoms with Gasteiger partial charge in [0, 0.05) is 38.0 Å². The van der Waals surface area contributed by atoms with E-state index in [2.05, 4.69) is 45.9 Å². The highest BCUT2D eigenvalue weighted by molar-refractivity contribution is 6.50. The lowest BCUT2D eigenvalue weighted by molar-refractivity contribution is -0.462. The van der Waals surface area contributed by atoms with Gasteiger partial charge in [0.2, 0.25) is 0 Å². The lowest BCUT2D eigenvalue weighted by Gasteiger charge is -2.12. The van der Waals surface area contributed by atoms with Crippen molar-refractivity contribution in [2.24, 2.45) is 0 Å². The highest BCUT2D eigenvalue weighted by atomic mass is 19.5. The summed E-state index contributed by atoms with van der Waals surface area (Å²) < 4.78 is 46.5. The average Bonchev–Trinajstić information content (AvgIpc) is 2.75. The fraction of sp³-hybridized carbons (Fsp3) is 0.160. The highest BCUT2D eigenvalue weighted by Gasteiger charge is 2.20. The minimum atomic E-state index is -6.00. The van der Waals surface area contributed by atoms with Crippen LogP contribution in [0.5, 0.6) is 0 Å². The smallest absolute Gasteiger partial charge is 0.481 e. The highest BCUT2D eigenvalue weighted by Crippen LogP contribution is 2.21. The average molecular weight is 474 g/mol. The van der Waals surface area contributed by atoms with Gasteiger partial charge in [0.05, 0.1) is 0 Å². The Balaban J connectivity index is 0.000000739. The number of allylic oxidation sites excluding steroid dienone is 11. The lowest BCUT2D eigenvalue weighted by Crippen LogP contribution is -2.09. The van der Waals surface area contributed by atoms with Crippen LogP contribution in [0.2, 0.25) is 0 Å². The molecule has 0 bridgehead atoms. The summed E-state index contributed by atoms with van der Waals surface area (Å²) in [4.78, 5) is 2.07. The molecule has 0 atom stereocenters. The van der Waals surface area contributed by atoms with E-state index < -0.39 is 7.25 Å². The third-order valence-electron chi connectivity index (χ3n) is 4.55. The van der Waals surface area contributed by atoms with E-state index in [0.29, 0.717) is 5.76 Å². The zero-order valence-electron chi connectivity index (χ0n) is 19.4. The van der Waals surface area contributed by atoms with Crippen LogP contribution in [0, 0.1) is 0 Å². The lowest BCUT2D eigenvalue weighted by atomic mass is 10.1. The Morgan fingerprint density at radius 2 is 1.47 bits per heavy atom. The maximum absolute atomic E-state index is 9.94. The first kappa shape index (κ1) is 26.5. The molecule has 0 spiro atoms. The Morgan fingerprint density at radius 3 is 2.00 bits per heavy atom. The third-order valence-corrected chi connectivity index (χ3v) is 4.55. The van der Waals surface area contributed by atoms with Gasteiger partial charge in [0.1, 0.15) is 19.9 Å². The molecule has 1 heterocycles. The van der Waals surface area contributed by atoms with Gasteiger partial charge in [-0.25, -0.2) is 4.58 Å². The van der Waals surface area contributed by atoms with E-state index in [-0.39, 0.29) is 5.95 Å². The summed E-state index contributed by atoms with van der Waals surface area (Å²) in [5.41, 5.74) is 5.33. The molecular weight excluding hydrogens is 447 g/mol. The number of hydrogen-bond acceptors (Lipinski definition) is 3. The van der Waals surface area contributed by atoms with E-state index in [9.17, 15) is 22.4 Å². The van der Waals surface area contributed by atoms with Crippen molar-refractivity contribution in [3.63, 3.8) is 0 Å². The number of hydrogen-bond donors (Lipinski definition) is 1. The minimum Gasteiger partial charge on any atom is -0.481 e. The fourth-order valence-corrected chi connectivity index (χ4v) is 2.84. The molecular formula is C25H27BF4N2O2. The molecule has 1 aliphatic carbocycles. The summed E-state index contributed by atoms with van der Waals surface area (Å²) in [5, 5.41) is 9.94. The number of rotatable bonds is 4. The molecule has 0 saturated heterocycles. The van der Waals surface area contributed by atoms with Crippen molar-refractivity contribution in [3.8, 4) is 0 Å². The van der Waals surface area contributed by atoms with Crippen LogP contribution in [0.1, 0.15) is 5.56 Å². The van der Waals surface area contributed by atoms with Crippen molar-refractivity contribution < 1.29 is 31.7 Å². The van der Waals surface area contributed by atoms with E-state index in [1.807, 2.05) is 70.7 Å². The Hall–Kier alpha value is -3.75. The van der Waals surface area contributed by atoms with Gasteiger partial charge >= 0.3 is 7.25 Å². The molecule has 9 heteroatoms. The van der Waals surface area contributed by atoms with Crippen LogP contribution in [0.4, 0.5) is 23.0 Å². The van der Waals surface area contributed by atoms with Gasteiger partial charge in [0.25, 0.3) is 5.95 Å². The van der Waals surface area contributed by atoms with E-state index in [4.69, 9.17) is 4.74 Å². The summed E-state index contributed by atoms with van der Waals surface area (Å²) in [5.74, 6) is 0.474. The van der Waals surface area contributed by atoms with E-state index in [1.54, 1.807) is 6.08 Å².